The summed E-state index contributed by atoms with van der Waals surface area (Å²) in [7, 11) is -1.28. The van der Waals surface area contributed by atoms with E-state index in [0.717, 1.165) is 16.3 Å². The maximum atomic E-state index is 11.9. The fourth-order valence-electron chi connectivity index (χ4n) is 1.56. The molecule has 1 aromatic heterocycles. The lowest BCUT2D eigenvalue weighted by Crippen LogP contribution is -2.19. The Labute approximate surface area is 120 Å². The van der Waals surface area contributed by atoms with Crippen molar-refractivity contribution in [3.63, 3.8) is 0 Å². The molecular formula is C14H15ClN2OS. The summed E-state index contributed by atoms with van der Waals surface area (Å²) in [6.45, 7) is 5.66. The Balaban J connectivity index is 2.46. The third-order valence-electron chi connectivity index (χ3n) is 2.56. The van der Waals surface area contributed by atoms with Crippen LogP contribution < -0.4 is 0 Å². The van der Waals surface area contributed by atoms with Crippen LogP contribution in [0.1, 0.15) is 26.3 Å². The summed E-state index contributed by atoms with van der Waals surface area (Å²) in [6, 6.07) is 5.56. The summed E-state index contributed by atoms with van der Waals surface area (Å²) < 4.78 is 15.7. The molecule has 2 aromatic rings. The zero-order valence-electron chi connectivity index (χ0n) is 11.1. The average molecular weight is 295 g/mol. The lowest BCUT2D eigenvalue weighted by atomic mass is 10.1. The van der Waals surface area contributed by atoms with E-state index >= 15 is 0 Å². The van der Waals surface area contributed by atoms with Crippen LogP contribution in [0.5, 0.6) is 0 Å². The molecule has 0 bridgehead atoms. The van der Waals surface area contributed by atoms with Gasteiger partial charge in [-0.3, -0.25) is 4.98 Å². The van der Waals surface area contributed by atoms with E-state index in [-0.39, 0.29) is 4.75 Å². The predicted octanol–water partition coefficient (Wildman–Crippen LogP) is 3.77. The van der Waals surface area contributed by atoms with Crippen molar-refractivity contribution in [2.24, 2.45) is 4.40 Å². The Morgan fingerprint density at radius 1 is 1.37 bits per heavy atom. The van der Waals surface area contributed by atoms with Gasteiger partial charge in [-0.15, -0.1) is 0 Å². The molecule has 0 saturated carbocycles. The summed E-state index contributed by atoms with van der Waals surface area (Å²) in [5.41, 5.74) is 0.827. The molecule has 19 heavy (non-hydrogen) atoms. The number of hydrogen-bond donors (Lipinski definition) is 0. The Morgan fingerprint density at radius 2 is 2.11 bits per heavy atom. The number of nitrogens with zero attached hydrogens (tertiary/aromatic N) is 2. The average Bonchev–Trinajstić information content (AvgIpc) is 2.34. The van der Waals surface area contributed by atoms with Gasteiger partial charge in [-0.2, -0.15) is 4.40 Å². The molecule has 1 atom stereocenters. The van der Waals surface area contributed by atoms with E-state index < -0.39 is 11.0 Å². The molecule has 2 rings (SSSR count). The zero-order chi connectivity index (χ0) is 14.0. The molecule has 0 spiro atoms. The molecule has 1 aromatic carbocycles. The first-order chi connectivity index (χ1) is 8.88. The maximum Gasteiger partial charge on any atom is 0.144 e. The Kier molecular flexibility index (Phi) is 4.02. The fourth-order valence-corrected chi connectivity index (χ4v) is 2.32. The first-order valence-corrected chi connectivity index (χ1v) is 7.36. The minimum Gasteiger partial charge on any atom is -0.264 e. The standard InChI is InChI=1S/C14H15ClN2OS/c1-14(2,3)19(18)17-8-11-7-12(15)6-10-4-5-16-9-13(10)11/h4-9H,1-3H3. The summed E-state index contributed by atoms with van der Waals surface area (Å²) in [5, 5.41) is 2.56. The van der Waals surface area contributed by atoms with Crippen LogP contribution in [0.25, 0.3) is 10.8 Å². The van der Waals surface area contributed by atoms with Crippen LogP contribution in [-0.4, -0.2) is 20.2 Å². The van der Waals surface area contributed by atoms with Crippen LogP contribution in [0.15, 0.2) is 35.0 Å². The van der Waals surface area contributed by atoms with Crippen molar-refractivity contribution in [3.05, 3.63) is 41.2 Å². The van der Waals surface area contributed by atoms with Gasteiger partial charge in [0.15, 0.2) is 0 Å². The van der Waals surface area contributed by atoms with Crippen LogP contribution in [0.3, 0.4) is 0 Å². The lowest BCUT2D eigenvalue weighted by Gasteiger charge is -2.12. The van der Waals surface area contributed by atoms with E-state index in [9.17, 15) is 4.21 Å². The second kappa shape index (κ2) is 5.39. The van der Waals surface area contributed by atoms with Crippen molar-refractivity contribution in [1.82, 2.24) is 4.98 Å². The second-order valence-electron chi connectivity index (χ2n) is 5.19. The van der Waals surface area contributed by atoms with Crippen molar-refractivity contribution in [1.29, 1.82) is 0 Å². The summed E-state index contributed by atoms with van der Waals surface area (Å²) in [6.07, 6.45) is 5.08. The minimum absolute atomic E-state index is 0.372. The molecule has 0 fully saturated rings. The molecule has 0 N–H and O–H groups in total. The predicted molar refractivity (Wildman–Crippen MR) is 82.2 cm³/mol. The lowest BCUT2D eigenvalue weighted by molar-refractivity contribution is 0.651. The fraction of sp³-hybridized carbons (Fsp3) is 0.286. The van der Waals surface area contributed by atoms with Gasteiger partial charge >= 0.3 is 0 Å². The molecule has 0 amide bonds. The highest BCUT2D eigenvalue weighted by Crippen LogP contribution is 2.22. The maximum absolute atomic E-state index is 11.9. The number of rotatable bonds is 2. The van der Waals surface area contributed by atoms with Gasteiger partial charge in [-0.25, -0.2) is 4.21 Å². The van der Waals surface area contributed by atoms with Crippen LogP contribution >= 0.6 is 11.6 Å². The molecule has 0 aliphatic heterocycles. The van der Waals surface area contributed by atoms with E-state index in [1.807, 2.05) is 32.9 Å². The summed E-state index contributed by atoms with van der Waals surface area (Å²) >= 11 is 6.07. The van der Waals surface area contributed by atoms with E-state index in [4.69, 9.17) is 11.6 Å². The van der Waals surface area contributed by atoms with Gasteiger partial charge in [0, 0.05) is 34.6 Å². The van der Waals surface area contributed by atoms with Crippen molar-refractivity contribution in [2.75, 3.05) is 0 Å². The molecule has 1 heterocycles. The number of fused-ring (bicyclic) bond motifs is 1. The Bertz CT molecular complexity index is 662. The number of aromatic nitrogens is 1. The van der Waals surface area contributed by atoms with Gasteiger partial charge in [0.05, 0.1) is 4.75 Å². The van der Waals surface area contributed by atoms with Crippen LogP contribution in [0.4, 0.5) is 0 Å². The van der Waals surface area contributed by atoms with Gasteiger partial charge in [0.1, 0.15) is 11.0 Å². The Morgan fingerprint density at radius 3 is 2.79 bits per heavy atom. The van der Waals surface area contributed by atoms with Crippen LogP contribution in [0, 0.1) is 0 Å². The largest absolute Gasteiger partial charge is 0.264 e. The summed E-state index contributed by atoms with van der Waals surface area (Å²) in [4.78, 5) is 4.10. The summed E-state index contributed by atoms with van der Waals surface area (Å²) in [5.74, 6) is 0. The first-order valence-electron chi connectivity index (χ1n) is 5.87. The van der Waals surface area contributed by atoms with Crippen molar-refractivity contribution in [2.45, 2.75) is 25.5 Å². The van der Waals surface area contributed by atoms with Gasteiger partial charge < -0.3 is 0 Å². The van der Waals surface area contributed by atoms with Gasteiger partial charge in [-0.05, 0) is 44.4 Å². The molecule has 1 unspecified atom stereocenters. The van der Waals surface area contributed by atoms with Gasteiger partial charge in [0.2, 0.25) is 0 Å². The number of pyridine rings is 1. The quantitative estimate of drug-likeness (QED) is 0.791. The number of benzene rings is 1. The molecule has 100 valence electrons. The van der Waals surface area contributed by atoms with E-state index in [1.54, 1.807) is 24.7 Å². The second-order valence-corrected chi connectivity index (χ2v) is 7.56. The van der Waals surface area contributed by atoms with Gasteiger partial charge in [0.25, 0.3) is 0 Å². The minimum atomic E-state index is -1.28. The van der Waals surface area contributed by atoms with Crippen molar-refractivity contribution >= 4 is 39.6 Å². The highest BCUT2D eigenvalue weighted by molar-refractivity contribution is 7.85. The smallest absolute Gasteiger partial charge is 0.144 e. The van der Waals surface area contributed by atoms with Gasteiger partial charge in [-0.1, -0.05) is 11.6 Å². The molecular weight excluding hydrogens is 280 g/mol. The monoisotopic (exact) mass is 294 g/mol. The molecule has 0 radical (unpaired) electrons. The highest BCUT2D eigenvalue weighted by atomic mass is 35.5. The number of halogens is 1. The van der Waals surface area contributed by atoms with Crippen LogP contribution in [0.2, 0.25) is 5.02 Å². The third kappa shape index (κ3) is 3.39. The SMILES string of the molecule is CC(C)(C)S(=O)N=Cc1cc(Cl)cc2ccncc12. The third-order valence-corrected chi connectivity index (χ3v) is 4.13. The van der Waals surface area contributed by atoms with Crippen molar-refractivity contribution in [3.8, 4) is 0 Å². The first kappa shape index (κ1) is 14.2. The van der Waals surface area contributed by atoms with E-state index in [2.05, 4.69) is 9.38 Å². The zero-order valence-corrected chi connectivity index (χ0v) is 12.6. The van der Waals surface area contributed by atoms with Crippen LogP contribution in [-0.2, 0) is 11.0 Å². The molecule has 0 aliphatic carbocycles. The topological polar surface area (TPSA) is 42.3 Å². The molecule has 5 heteroatoms. The molecule has 3 nitrogen and oxygen atoms in total. The Hall–Kier alpha value is -1.26. The number of hydrogen-bond acceptors (Lipinski definition) is 2. The molecule has 0 saturated heterocycles. The van der Waals surface area contributed by atoms with E-state index in [0.29, 0.717) is 5.02 Å². The van der Waals surface area contributed by atoms with E-state index in [1.165, 1.54) is 0 Å². The normalized spacial score (nSPS) is 14.1. The van der Waals surface area contributed by atoms with Crippen molar-refractivity contribution < 1.29 is 4.21 Å². The molecule has 0 aliphatic rings. The highest BCUT2D eigenvalue weighted by Gasteiger charge is 2.18.